The summed E-state index contributed by atoms with van der Waals surface area (Å²) in [5, 5.41) is 6.90. The summed E-state index contributed by atoms with van der Waals surface area (Å²) < 4.78 is 27.2. The van der Waals surface area contributed by atoms with Crippen molar-refractivity contribution in [2.75, 3.05) is 16.0 Å². The standard InChI is InChI=1S/C19H14Cl3F2N3O3/c1-8(28)25-16-13(23)4-5-14(15(16)24)27-17(29)10-6-9(2-3-12(10)20)26-18(30)11-7-19(11,21)22/h2-6,11H,7H2,1H3,(H,25,28)(H,26,30)(H,27,29). The van der Waals surface area contributed by atoms with E-state index < -0.39 is 45.3 Å². The first-order chi connectivity index (χ1) is 14.0. The molecule has 0 spiro atoms. The van der Waals surface area contributed by atoms with E-state index in [2.05, 4.69) is 10.6 Å². The first-order valence-electron chi connectivity index (χ1n) is 8.55. The molecule has 30 heavy (non-hydrogen) atoms. The maximum absolute atomic E-state index is 14.5. The number of carbonyl (C=O) groups excluding carboxylic acids is 3. The van der Waals surface area contributed by atoms with Gasteiger partial charge in [0.1, 0.15) is 15.8 Å². The first kappa shape index (κ1) is 22.3. The molecular weight excluding hydrogens is 463 g/mol. The zero-order chi connectivity index (χ0) is 22.2. The van der Waals surface area contributed by atoms with Crippen molar-refractivity contribution in [3.05, 3.63) is 52.6 Å². The van der Waals surface area contributed by atoms with Crippen molar-refractivity contribution in [2.45, 2.75) is 17.7 Å². The second-order valence-corrected chi connectivity index (χ2v) is 8.57. The fraction of sp³-hybridized carbons (Fsp3) is 0.211. The second-order valence-electron chi connectivity index (χ2n) is 6.62. The van der Waals surface area contributed by atoms with Gasteiger partial charge in [0.2, 0.25) is 11.8 Å². The zero-order valence-corrected chi connectivity index (χ0v) is 17.6. The molecule has 11 heteroatoms. The molecule has 0 radical (unpaired) electrons. The fourth-order valence-corrected chi connectivity index (χ4v) is 3.34. The summed E-state index contributed by atoms with van der Waals surface area (Å²) >= 11 is 17.8. The van der Waals surface area contributed by atoms with E-state index >= 15 is 0 Å². The quantitative estimate of drug-likeness (QED) is 0.533. The molecule has 3 amide bonds. The third kappa shape index (κ3) is 4.83. The Balaban J connectivity index is 1.80. The third-order valence-electron chi connectivity index (χ3n) is 4.26. The Kier molecular flexibility index (Phi) is 6.21. The second kappa shape index (κ2) is 8.37. The highest BCUT2D eigenvalue weighted by molar-refractivity contribution is 6.52. The van der Waals surface area contributed by atoms with E-state index in [1.54, 1.807) is 0 Å². The Morgan fingerprint density at radius 2 is 1.73 bits per heavy atom. The highest BCUT2D eigenvalue weighted by Crippen LogP contribution is 2.53. The van der Waals surface area contributed by atoms with Gasteiger partial charge in [0.15, 0.2) is 5.82 Å². The molecule has 2 aromatic carbocycles. The molecule has 158 valence electrons. The lowest BCUT2D eigenvalue weighted by molar-refractivity contribution is -0.117. The van der Waals surface area contributed by atoms with E-state index in [1.807, 2.05) is 5.32 Å². The Morgan fingerprint density at radius 1 is 1.07 bits per heavy atom. The van der Waals surface area contributed by atoms with Crippen LogP contribution in [0.3, 0.4) is 0 Å². The number of carbonyl (C=O) groups is 3. The predicted molar refractivity (Wildman–Crippen MR) is 111 cm³/mol. The van der Waals surface area contributed by atoms with Gasteiger partial charge >= 0.3 is 0 Å². The number of hydrogen-bond donors (Lipinski definition) is 3. The van der Waals surface area contributed by atoms with E-state index in [0.717, 1.165) is 19.1 Å². The molecule has 1 atom stereocenters. The van der Waals surface area contributed by atoms with Gasteiger partial charge in [0.25, 0.3) is 5.91 Å². The minimum atomic E-state index is -1.16. The molecule has 2 aromatic rings. The van der Waals surface area contributed by atoms with Gasteiger partial charge in [0, 0.05) is 12.6 Å². The molecule has 6 nitrogen and oxygen atoms in total. The fourth-order valence-electron chi connectivity index (χ4n) is 2.63. The Hall–Kier alpha value is -2.42. The lowest BCUT2D eigenvalue weighted by Crippen LogP contribution is -2.18. The lowest BCUT2D eigenvalue weighted by atomic mass is 10.1. The molecule has 1 saturated carbocycles. The van der Waals surface area contributed by atoms with Crippen molar-refractivity contribution in [3.63, 3.8) is 0 Å². The summed E-state index contributed by atoms with van der Waals surface area (Å²) in [5.74, 6) is -4.65. The summed E-state index contributed by atoms with van der Waals surface area (Å²) in [6.45, 7) is 1.09. The maximum atomic E-state index is 14.5. The predicted octanol–water partition coefficient (Wildman–Crippen LogP) is 4.96. The van der Waals surface area contributed by atoms with Crippen molar-refractivity contribution >= 4 is 69.6 Å². The summed E-state index contributed by atoms with van der Waals surface area (Å²) in [4.78, 5) is 35.8. The van der Waals surface area contributed by atoms with Gasteiger partial charge in [-0.2, -0.15) is 0 Å². The molecule has 0 bridgehead atoms. The number of anilines is 3. The van der Waals surface area contributed by atoms with E-state index in [1.165, 1.54) is 18.2 Å². The summed E-state index contributed by atoms with van der Waals surface area (Å²) in [6.07, 6.45) is 0.309. The average Bonchev–Trinajstić information content (AvgIpc) is 3.31. The molecule has 1 aliphatic rings. The van der Waals surface area contributed by atoms with Crippen LogP contribution >= 0.6 is 34.8 Å². The molecule has 0 aliphatic heterocycles. The molecular formula is C19H14Cl3F2N3O3. The monoisotopic (exact) mass is 475 g/mol. The largest absolute Gasteiger partial charge is 0.326 e. The summed E-state index contributed by atoms with van der Waals surface area (Å²) in [7, 11) is 0. The van der Waals surface area contributed by atoms with E-state index in [-0.39, 0.29) is 22.0 Å². The van der Waals surface area contributed by atoms with Crippen LogP contribution in [0.25, 0.3) is 0 Å². The van der Waals surface area contributed by atoms with Crippen LogP contribution in [-0.4, -0.2) is 22.1 Å². The van der Waals surface area contributed by atoms with Crippen LogP contribution in [0.2, 0.25) is 5.02 Å². The van der Waals surface area contributed by atoms with Gasteiger partial charge in [-0.05, 0) is 36.8 Å². The number of alkyl halides is 2. The Labute approximate surface area is 184 Å². The topological polar surface area (TPSA) is 87.3 Å². The molecule has 1 fully saturated rings. The number of nitrogens with one attached hydrogen (secondary N) is 3. The maximum Gasteiger partial charge on any atom is 0.257 e. The molecule has 0 saturated heterocycles. The Morgan fingerprint density at radius 3 is 2.33 bits per heavy atom. The van der Waals surface area contributed by atoms with Crippen molar-refractivity contribution in [1.82, 2.24) is 0 Å². The molecule has 0 aromatic heterocycles. The van der Waals surface area contributed by atoms with Gasteiger partial charge in [-0.3, -0.25) is 14.4 Å². The molecule has 3 rings (SSSR count). The van der Waals surface area contributed by atoms with Crippen molar-refractivity contribution < 1.29 is 23.2 Å². The number of benzene rings is 2. The lowest BCUT2D eigenvalue weighted by Gasteiger charge is -2.13. The van der Waals surface area contributed by atoms with Gasteiger partial charge < -0.3 is 16.0 Å². The summed E-state index contributed by atoms with van der Waals surface area (Å²) in [6, 6.07) is 6.02. The minimum Gasteiger partial charge on any atom is -0.326 e. The SMILES string of the molecule is CC(=O)Nc1c(F)ccc(NC(=O)c2cc(NC(=O)C3CC3(Cl)Cl)ccc2Cl)c1F. The van der Waals surface area contributed by atoms with Crippen LogP contribution in [0, 0.1) is 17.6 Å². The van der Waals surface area contributed by atoms with E-state index in [9.17, 15) is 23.2 Å². The van der Waals surface area contributed by atoms with Crippen LogP contribution in [0.5, 0.6) is 0 Å². The normalized spacial score (nSPS) is 16.5. The van der Waals surface area contributed by atoms with Crippen molar-refractivity contribution in [1.29, 1.82) is 0 Å². The van der Waals surface area contributed by atoms with Gasteiger partial charge in [0.05, 0.1) is 22.2 Å². The van der Waals surface area contributed by atoms with E-state index in [0.29, 0.717) is 6.42 Å². The minimum absolute atomic E-state index is 0.0329. The first-order valence-corrected chi connectivity index (χ1v) is 9.68. The van der Waals surface area contributed by atoms with E-state index in [4.69, 9.17) is 34.8 Å². The van der Waals surface area contributed by atoms with Gasteiger partial charge in [-0.15, -0.1) is 23.2 Å². The number of rotatable bonds is 5. The average molecular weight is 477 g/mol. The van der Waals surface area contributed by atoms with Crippen molar-refractivity contribution in [2.24, 2.45) is 5.92 Å². The Bertz CT molecular complexity index is 1060. The van der Waals surface area contributed by atoms with Gasteiger partial charge in [-0.25, -0.2) is 8.78 Å². The smallest absolute Gasteiger partial charge is 0.257 e. The van der Waals surface area contributed by atoms with Crippen LogP contribution in [0.1, 0.15) is 23.7 Å². The molecule has 0 heterocycles. The van der Waals surface area contributed by atoms with Crippen LogP contribution in [0.15, 0.2) is 30.3 Å². The number of amides is 3. The van der Waals surface area contributed by atoms with Crippen LogP contribution in [-0.2, 0) is 9.59 Å². The number of hydrogen-bond acceptors (Lipinski definition) is 3. The van der Waals surface area contributed by atoms with Crippen molar-refractivity contribution in [3.8, 4) is 0 Å². The third-order valence-corrected chi connectivity index (χ3v) is 5.43. The van der Waals surface area contributed by atoms with Crippen LogP contribution < -0.4 is 16.0 Å². The van der Waals surface area contributed by atoms with Gasteiger partial charge in [-0.1, -0.05) is 11.6 Å². The zero-order valence-electron chi connectivity index (χ0n) is 15.3. The molecule has 3 N–H and O–H groups in total. The van der Waals surface area contributed by atoms with Crippen LogP contribution in [0.4, 0.5) is 25.8 Å². The highest BCUT2D eigenvalue weighted by Gasteiger charge is 2.56. The molecule has 1 unspecified atom stereocenters. The summed E-state index contributed by atoms with van der Waals surface area (Å²) in [5.41, 5.74) is -0.882. The highest BCUT2D eigenvalue weighted by atomic mass is 35.5. The number of halogens is 5. The molecule has 1 aliphatic carbocycles.